The fraction of sp³-hybridized carbons (Fsp3) is 0.733. The van der Waals surface area contributed by atoms with Gasteiger partial charge in [0.05, 0.1) is 0 Å². The van der Waals surface area contributed by atoms with Gasteiger partial charge in [0.1, 0.15) is 0 Å². The second-order valence-corrected chi connectivity index (χ2v) is 3.89. The lowest BCUT2D eigenvalue weighted by molar-refractivity contribution is 0.790. The number of rotatable bonds is 5. The maximum atomic E-state index is 2.23. The molecule has 0 unspecified atom stereocenters. The van der Waals surface area contributed by atoms with Crippen molar-refractivity contribution < 1.29 is 0 Å². The molecule has 0 aliphatic heterocycles. The van der Waals surface area contributed by atoms with Gasteiger partial charge in [0, 0.05) is 0 Å². The first-order valence-electron chi connectivity index (χ1n) is 6.46. The minimum absolute atomic E-state index is 1.24. The maximum absolute atomic E-state index is 2.23. The first-order chi connectivity index (χ1) is 7.17. The van der Waals surface area contributed by atoms with E-state index in [0.717, 1.165) is 0 Å². The van der Waals surface area contributed by atoms with Gasteiger partial charge in [-0.15, -0.1) is 0 Å². The van der Waals surface area contributed by atoms with Gasteiger partial charge in [-0.25, -0.2) is 0 Å². The molecule has 0 aromatic heterocycles. The van der Waals surface area contributed by atoms with Gasteiger partial charge in [0.15, 0.2) is 0 Å². The Morgan fingerprint density at radius 3 is 1.67 bits per heavy atom. The van der Waals surface area contributed by atoms with Crippen molar-refractivity contribution in [2.45, 2.75) is 73.6 Å². The fourth-order valence-corrected chi connectivity index (χ4v) is 1.12. The molecule has 0 aromatic carbocycles. The van der Waals surface area contributed by atoms with Gasteiger partial charge in [0.2, 0.25) is 0 Å². The van der Waals surface area contributed by atoms with Crippen molar-refractivity contribution in [3.63, 3.8) is 0 Å². The average Bonchev–Trinajstić information content (AvgIpc) is 2.30. The number of hydrogen-bond acceptors (Lipinski definition) is 0. The van der Waals surface area contributed by atoms with E-state index in [2.05, 4.69) is 53.7 Å². The Bertz CT molecular complexity index is 170. The highest BCUT2D eigenvalue weighted by Crippen LogP contribution is 2.15. The van der Waals surface area contributed by atoms with Gasteiger partial charge in [0.25, 0.3) is 0 Å². The Kier molecular flexibility index (Phi) is 15.2. The molecule has 0 atom stereocenters. The van der Waals surface area contributed by atoms with Crippen LogP contribution in [0.1, 0.15) is 73.6 Å². The van der Waals surface area contributed by atoms with Crippen LogP contribution >= 0.6 is 0 Å². The zero-order valence-corrected chi connectivity index (χ0v) is 11.7. The second kappa shape index (κ2) is 13.5. The molecule has 0 fully saturated rings. The number of unbranched alkanes of at least 4 members (excludes halogenated alkanes) is 2. The quantitative estimate of drug-likeness (QED) is 0.496. The summed E-state index contributed by atoms with van der Waals surface area (Å²) in [5.74, 6) is 0. The SMILES string of the molecule is C/C=C(C)\C(=C/C)CCCC.CCCC. The summed E-state index contributed by atoms with van der Waals surface area (Å²) >= 11 is 0. The predicted molar refractivity (Wildman–Crippen MR) is 73.3 cm³/mol. The van der Waals surface area contributed by atoms with Crippen molar-refractivity contribution in [2.24, 2.45) is 0 Å². The highest BCUT2D eigenvalue weighted by Gasteiger charge is 1.95. The number of allylic oxidation sites excluding steroid dienone is 4. The molecule has 0 heterocycles. The average molecular weight is 210 g/mol. The topological polar surface area (TPSA) is 0 Å². The summed E-state index contributed by atoms with van der Waals surface area (Å²) < 4.78 is 0. The molecule has 0 aliphatic rings. The zero-order chi connectivity index (χ0) is 12.1. The molecule has 0 spiro atoms. The van der Waals surface area contributed by atoms with Crippen molar-refractivity contribution in [2.75, 3.05) is 0 Å². The minimum Gasteiger partial charge on any atom is -0.0845 e. The van der Waals surface area contributed by atoms with Crippen LogP contribution in [0.2, 0.25) is 0 Å². The van der Waals surface area contributed by atoms with Gasteiger partial charge in [-0.1, -0.05) is 57.8 Å². The highest BCUT2D eigenvalue weighted by molar-refractivity contribution is 5.27. The lowest BCUT2D eigenvalue weighted by Gasteiger charge is -2.05. The first-order valence-corrected chi connectivity index (χ1v) is 6.46. The van der Waals surface area contributed by atoms with Crippen LogP contribution in [0.4, 0.5) is 0 Å². The Morgan fingerprint density at radius 1 is 0.867 bits per heavy atom. The molecule has 0 bridgehead atoms. The summed E-state index contributed by atoms with van der Waals surface area (Å²) in [6, 6.07) is 0. The Hall–Kier alpha value is -0.520. The van der Waals surface area contributed by atoms with Crippen molar-refractivity contribution in [3.05, 3.63) is 23.3 Å². The third-order valence-corrected chi connectivity index (χ3v) is 2.59. The summed E-state index contributed by atoms with van der Waals surface area (Å²) in [6.07, 6.45) is 10.9. The van der Waals surface area contributed by atoms with Crippen LogP contribution in [0.3, 0.4) is 0 Å². The smallest absolute Gasteiger partial charge is 0.0280 e. The molecular formula is C15H30. The minimum atomic E-state index is 1.24. The molecule has 0 radical (unpaired) electrons. The van der Waals surface area contributed by atoms with Crippen LogP contribution in [0.25, 0.3) is 0 Å². The molecule has 0 amide bonds. The van der Waals surface area contributed by atoms with Crippen molar-refractivity contribution in [1.29, 1.82) is 0 Å². The summed E-state index contributed by atoms with van der Waals surface area (Å²) in [7, 11) is 0. The molecule has 0 saturated heterocycles. The molecule has 0 heteroatoms. The third-order valence-electron chi connectivity index (χ3n) is 2.59. The van der Waals surface area contributed by atoms with Gasteiger partial charge < -0.3 is 0 Å². The maximum Gasteiger partial charge on any atom is -0.0280 e. The molecule has 0 rings (SSSR count). The van der Waals surface area contributed by atoms with E-state index in [4.69, 9.17) is 0 Å². The first kappa shape index (κ1) is 16.9. The van der Waals surface area contributed by atoms with Crippen LogP contribution in [-0.4, -0.2) is 0 Å². The van der Waals surface area contributed by atoms with E-state index < -0.39 is 0 Å². The van der Waals surface area contributed by atoms with Gasteiger partial charge >= 0.3 is 0 Å². The highest BCUT2D eigenvalue weighted by atomic mass is 14.0. The monoisotopic (exact) mass is 210 g/mol. The van der Waals surface area contributed by atoms with Crippen LogP contribution in [0, 0.1) is 0 Å². The Morgan fingerprint density at radius 2 is 1.40 bits per heavy atom. The van der Waals surface area contributed by atoms with E-state index in [1.165, 1.54) is 43.3 Å². The van der Waals surface area contributed by atoms with Gasteiger partial charge in [-0.3, -0.25) is 0 Å². The van der Waals surface area contributed by atoms with E-state index in [0.29, 0.717) is 0 Å². The molecule has 90 valence electrons. The Labute approximate surface area is 97.5 Å². The lowest BCUT2D eigenvalue weighted by atomic mass is 10.0. The van der Waals surface area contributed by atoms with Crippen molar-refractivity contribution in [3.8, 4) is 0 Å². The molecule has 0 N–H and O–H groups in total. The lowest BCUT2D eigenvalue weighted by Crippen LogP contribution is -1.85. The molecular weight excluding hydrogens is 180 g/mol. The van der Waals surface area contributed by atoms with Crippen LogP contribution < -0.4 is 0 Å². The number of hydrogen-bond donors (Lipinski definition) is 0. The van der Waals surface area contributed by atoms with Gasteiger partial charge in [-0.05, 0) is 39.2 Å². The summed E-state index contributed by atoms with van der Waals surface area (Å²) in [4.78, 5) is 0. The third kappa shape index (κ3) is 11.4. The molecule has 15 heavy (non-hydrogen) atoms. The molecule has 0 aromatic rings. The van der Waals surface area contributed by atoms with Crippen molar-refractivity contribution in [1.82, 2.24) is 0 Å². The standard InChI is InChI=1S/C11H20.C4H10/c1-5-8-9-11(7-3)10(4)6-2;1-3-4-2/h6-7H,5,8-9H2,1-4H3;3-4H2,1-2H3/b10-6-,11-7-;. The van der Waals surface area contributed by atoms with Crippen LogP contribution in [0.5, 0.6) is 0 Å². The van der Waals surface area contributed by atoms with Crippen LogP contribution in [-0.2, 0) is 0 Å². The second-order valence-electron chi connectivity index (χ2n) is 3.89. The van der Waals surface area contributed by atoms with E-state index in [1.807, 2.05) is 0 Å². The van der Waals surface area contributed by atoms with Crippen molar-refractivity contribution >= 4 is 0 Å². The van der Waals surface area contributed by atoms with E-state index in [1.54, 1.807) is 0 Å². The fourth-order valence-electron chi connectivity index (χ4n) is 1.12. The molecule has 0 saturated carbocycles. The Balaban J connectivity index is 0. The molecule has 0 aliphatic carbocycles. The van der Waals surface area contributed by atoms with E-state index in [-0.39, 0.29) is 0 Å². The van der Waals surface area contributed by atoms with E-state index >= 15 is 0 Å². The predicted octanol–water partition coefficient (Wildman–Crippen LogP) is 5.90. The summed E-state index contributed by atoms with van der Waals surface area (Å²) in [6.45, 7) is 13.0. The van der Waals surface area contributed by atoms with Gasteiger partial charge in [-0.2, -0.15) is 0 Å². The normalized spacial score (nSPS) is 12.1. The largest absolute Gasteiger partial charge is 0.0845 e. The van der Waals surface area contributed by atoms with E-state index in [9.17, 15) is 0 Å². The van der Waals surface area contributed by atoms with Crippen LogP contribution in [0.15, 0.2) is 23.3 Å². The summed E-state index contributed by atoms with van der Waals surface area (Å²) in [5, 5.41) is 0. The summed E-state index contributed by atoms with van der Waals surface area (Å²) in [5.41, 5.74) is 2.94. The molecule has 0 nitrogen and oxygen atoms in total. The zero-order valence-electron chi connectivity index (χ0n) is 11.7.